The summed E-state index contributed by atoms with van der Waals surface area (Å²) in [6, 6.07) is 19.9. The van der Waals surface area contributed by atoms with Crippen LogP contribution in [-0.4, -0.2) is 26.3 Å². The zero-order valence-electron chi connectivity index (χ0n) is 16.4. The Hall–Kier alpha value is -2.42. The van der Waals surface area contributed by atoms with Gasteiger partial charge in [0.2, 0.25) is 5.13 Å². The number of carbonyl (C=O) groups excluding carboxylic acids is 1. The van der Waals surface area contributed by atoms with E-state index in [4.69, 9.17) is 0 Å². The molecule has 0 aliphatic rings. The third-order valence-corrected chi connectivity index (χ3v) is 7.08. The zero-order chi connectivity index (χ0) is 21.1. The molecule has 2 heterocycles. The molecule has 0 unspecified atom stereocenters. The van der Waals surface area contributed by atoms with Crippen molar-refractivity contribution in [3.63, 3.8) is 0 Å². The first-order valence-electron chi connectivity index (χ1n) is 9.28. The van der Waals surface area contributed by atoms with E-state index < -0.39 is 0 Å². The first-order chi connectivity index (χ1) is 14.5. The molecule has 1 N–H and O–H groups in total. The molecule has 0 fully saturated rings. The molecule has 2 aromatic carbocycles. The fourth-order valence-electron chi connectivity index (χ4n) is 3.20. The second kappa shape index (κ2) is 9.16. The zero-order valence-corrected chi connectivity index (χ0v) is 19.6. The van der Waals surface area contributed by atoms with E-state index in [1.165, 1.54) is 23.1 Å². The second-order valence-electron chi connectivity index (χ2n) is 6.67. The van der Waals surface area contributed by atoms with Crippen molar-refractivity contribution < 1.29 is 4.79 Å². The van der Waals surface area contributed by atoms with Crippen LogP contribution in [0.3, 0.4) is 0 Å². The summed E-state index contributed by atoms with van der Waals surface area (Å²) in [5, 5.41) is 12.3. The molecule has 152 valence electrons. The van der Waals surface area contributed by atoms with Gasteiger partial charge in [-0.25, -0.2) is 0 Å². The molecular formula is C22H19BrN4OS2. The van der Waals surface area contributed by atoms with Crippen LogP contribution < -0.4 is 5.32 Å². The van der Waals surface area contributed by atoms with Crippen molar-refractivity contribution in [1.29, 1.82) is 0 Å². The lowest BCUT2D eigenvalue weighted by atomic mass is 10.2. The van der Waals surface area contributed by atoms with Gasteiger partial charge >= 0.3 is 0 Å². The summed E-state index contributed by atoms with van der Waals surface area (Å²) in [4.78, 5) is 12.9. The highest BCUT2D eigenvalue weighted by Crippen LogP contribution is 2.29. The second-order valence-corrected chi connectivity index (χ2v) is 9.79. The molecule has 0 atom stereocenters. The molecule has 8 heteroatoms. The summed E-state index contributed by atoms with van der Waals surface area (Å²) in [7, 11) is 0. The van der Waals surface area contributed by atoms with Crippen LogP contribution in [0.4, 0.5) is 10.8 Å². The molecular weight excluding hydrogens is 480 g/mol. The quantitative estimate of drug-likeness (QED) is 0.235. The number of nitrogens with one attached hydrogen (secondary N) is 1. The van der Waals surface area contributed by atoms with E-state index in [0.717, 1.165) is 37.1 Å². The molecule has 4 rings (SSSR count). The van der Waals surface area contributed by atoms with E-state index >= 15 is 0 Å². The molecule has 0 aliphatic carbocycles. The number of anilines is 2. The van der Waals surface area contributed by atoms with Crippen LogP contribution in [0.15, 0.2) is 69.5 Å². The van der Waals surface area contributed by atoms with E-state index in [1.54, 1.807) is 0 Å². The van der Waals surface area contributed by atoms with Crippen molar-refractivity contribution in [3.8, 4) is 5.69 Å². The van der Waals surface area contributed by atoms with E-state index in [1.807, 2.05) is 74.5 Å². The number of Topliss-reactive ketones (excluding diaryl/α,β-unsaturated/α-hetero) is 1. The number of aromatic nitrogens is 3. The first-order valence-corrected chi connectivity index (χ1v) is 11.9. The molecule has 0 radical (unpaired) electrons. The van der Waals surface area contributed by atoms with Crippen LogP contribution in [0.5, 0.6) is 0 Å². The van der Waals surface area contributed by atoms with Gasteiger partial charge in [-0.1, -0.05) is 57.2 Å². The highest BCUT2D eigenvalue weighted by atomic mass is 79.9. The number of aryl methyl sites for hydroxylation is 1. The fraction of sp³-hybridized carbons (Fsp3) is 0.136. The number of hydrogen-bond acceptors (Lipinski definition) is 6. The Labute approximate surface area is 191 Å². The number of rotatable bonds is 7. The minimum atomic E-state index is 0.0873. The number of nitrogens with zero attached hydrogens (tertiary/aromatic N) is 3. The standard InChI is InChI=1S/C22H19BrN4OS2/c1-14-12-19(15(2)27(14)18-10-8-16(23)9-11-18)20(28)13-29-22-26-25-21(30-22)24-17-6-4-3-5-7-17/h3-12H,13H2,1-2H3,(H,24,25). The van der Waals surface area contributed by atoms with E-state index in [-0.39, 0.29) is 5.78 Å². The maximum atomic E-state index is 12.9. The normalized spacial score (nSPS) is 10.9. The molecule has 0 saturated heterocycles. The minimum Gasteiger partial charge on any atom is -0.330 e. The lowest BCUT2D eigenvalue weighted by Crippen LogP contribution is -2.05. The Balaban J connectivity index is 1.44. The molecule has 0 saturated carbocycles. The molecule has 0 amide bonds. The van der Waals surface area contributed by atoms with Gasteiger partial charge < -0.3 is 9.88 Å². The lowest BCUT2D eigenvalue weighted by Gasteiger charge is -2.10. The number of thioether (sulfide) groups is 1. The molecule has 5 nitrogen and oxygen atoms in total. The molecule has 4 aromatic rings. The monoisotopic (exact) mass is 498 g/mol. The van der Waals surface area contributed by atoms with Gasteiger partial charge in [-0.3, -0.25) is 4.79 Å². The Bertz CT molecular complexity index is 1170. The van der Waals surface area contributed by atoms with Crippen LogP contribution in [0.25, 0.3) is 5.69 Å². The summed E-state index contributed by atoms with van der Waals surface area (Å²) in [5.74, 6) is 0.411. The highest BCUT2D eigenvalue weighted by molar-refractivity contribution is 9.10. The number of halogens is 1. The number of para-hydroxylation sites is 1. The van der Waals surface area contributed by atoms with Crippen LogP contribution in [-0.2, 0) is 0 Å². The fourth-order valence-corrected chi connectivity index (χ4v) is 5.12. The van der Waals surface area contributed by atoms with Crippen LogP contribution in [0.2, 0.25) is 0 Å². The van der Waals surface area contributed by atoms with Gasteiger partial charge in [0.05, 0.1) is 5.75 Å². The molecule has 2 aromatic heterocycles. The summed E-state index contributed by atoms with van der Waals surface area (Å²) in [6.45, 7) is 4.00. The minimum absolute atomic E-state index is 0.0873. The van der Waals surface area contributed by atoms with Crippen molar-refractivity contribution >= 4 is 55.6 Å². The van der Waals surface area contributed by atoms with Gasteiger partial charge in [0.1, 0.15) is 0 Å². The van der Waals surface area contributed by atoms with E-state index in [0.29, 0.717) is 10.9 Å². The molecule has 0 aliphatic heterocycles. The van der Waals surface area contributed by atoms with Crippen LogP contribution in [0, 0.1) is 13.8 Å². The highest BCUT2D eigenvalue weighted by Gasteiger charge is 2.18. The summed E-state index contributed by atoms with van der Waals surface area (Å²) in [6.07, 6.45) is 0. The van der Waals surface area contributed by atoms with Gasteiger partial charge in [0, 0.05) is 32.8 Å². The maximum Gasteiger partial charge on any atom is 0.210 e. The Kier molecular flexibility index (Phi) is 6.36. The summed E-state index contributed by atoms with van der Waals surface area (Å²) >= 11 is 6.33. The smallest absolute Gasteiger partial charge is 0.210 e. The number of hydrogen-bond donors (Lipinski definition) is 1. The lowest BCUT2D eigenvalue weighted by molar-refractivity contribution is 0.102. The summed E-state index contributed by atoms with van der Waals surface area (Å²) < 4.78 is 3.90. The average Bonchev–Trinajstić information content (AvgIpc) is 3.31. The first kappa shape index (κ1) is 20.8. The van der Waals surface area contributed by atoms with Gasteiger partial charge in [0.25, 0.3) is 0 Å². The Morgan fingerprint density at radius 2 is 1.83 bits per heavy atom. The number of ketones is 1. The maximum absolute atomic E-state index is 12.9. The number of benzene rings is 2. The van der Waals surface area contributed by atoms with Crippen LogP contribution in [0.1, 0.15) is 21.7 Å². The van der Waals surface area contributed by atoms with Crippen molar-refractivity contribution in [3.05, 3.63) is 82.1 Å². The number of carbonyl (C=O) groups is 1. The SMILES string of the molecule is Cc1cc(C(=O)CSc2nnc(Nc3ccccc3)s2)c(C)n1-c1ccc(Br)cc1. The molecule has 0 spiro atoms. The van der Waals surface area contributed by atoms with Crippen molar-refractivity contribution in [1.82, 2.24) is 14.8 Å². The van der Waals surface area contributed by atoms with Crippen LogP contribution >= 0.6 is 39.0 Å². The Morgan fingerprint density at radius 3 is 2.57 bits per heavy atom. The molecule has 30 heavy (non-hydrogen) atoms. The van der Waals surface area contributed by atoms with E-state index in [2.05, 4.69) is 36.0 Å². The summed E-state index contributed by atoms with van der Waals surface area (Å²) in [5.41, 5.74) is 4.73. The van der Waals surface area contributed by atoms with Gasteiger partial charge in [0.15, 0.2) is 10.1 Å². The van der Waals surface area contributed by atoms with Crippen molar-refractivity contribution in [2.45, 2.75) is 18.2 Å². The predicted molar refractivity (Wildman–Crippen MR) is 128 cm³/mol. The topological polar surface area (TPSA) is 59.8 Å². The van der Waals surface area contributed by atoms with Gasteiger partial charge in [-0.15, -0.1) is 10.2 Å². The Morgan fingerprint density at radius 1 is 1.10 bits per heavy atom. The molecule has 0 bridgehead atoms. The predicted octanol–water partition coefficient (Wildman–Crippen LogP) is 6.43. The van der Waals surface area contributed by atoms with Gasteiger partial charge in [-0.05, 0) is 56.3 Å². The van der Waals surface area contributed by atoms with Crippen molar-refractivity contribution in [2.75, 3.05) is 11.1 Å². The van der Waals surface area contributed by atoms with Gasteiger partial charge in [-0.2, -0.15) is 0 Å². The van der Waals surface area contributed by atoms with E-state index in [9.17, 15) is 4.79 Å². The third-order valence-electron chi connectivity index (χ3n) is 4.57. The largest absolute Gasteiger partial charge is 0.330 e. The average molecular weight is 499 g/mol. The van der Waals surface area contributed by atoms with Crippen molar-refractivity contribution in [2.24, 2.45) is 0 Å². The third kappa shape index (κ3) is 4.66.